The summed E-state index contributed by atoms with van der Waals surface area (Å²) in [4.78, 5) is 10.7. The van der Waals surface area contributed by atoms with Crippen LogP contribution in [0.15, 0.2) is 53.4 Å². The summed E-state index contributed by atoms with van der Waals surface area (Å²) in [7, 11) is -3.54. The van der Waals surface area contributed by atoms with Crippen molar-refractivity contribution in [1.82, 2.24) is 4.72 Å². The van der Waals surface area contributed by atoms with Crippen LogP contribution in [0, 0.1) is 0 Å². The third-order valence-corrected chi connectivity index (χ3v) is 4.66. The highest BCUT2D eigenvalue weighted by molar-refractivity contribution is 7.89. The summed E-state index contributed by atoms with van der Waals surface area (Å²) in [5.74, 6) is -0.806. The topological polar surface area (TPSA) is 119 Å². The van der Waals surface area contributed by atoms with E-state index in [1.54, 1.807) is 36.4 Å². The second-order valence-corrected chi connectivity index (χ2v) is 6.78. The van der Waals surface area contributed by atoms with Gasteiger partial charge in [0, 0.05) is 6.54 Å². The van der Waals surface area contributed by atoms with Crippen LogP contribution in [0.25, 0.3) is 0 Å². The number of carboxylic acid groups (broad SMARTS) is 1. The van der Waals surface area contributed by atoms with Crippen molar-refractivity contribution in [3.8, 4) is 5.75 Å². The summed E-state index contributed by atoms with van der Waals surface area (Å²) in [5.41, 5.74) is 6.92. The highest BCUT2D eigenvalue weighted by atomic mass is 32.2. The van der Waals surface area contributed by atoms with E-state index in [2.05, 4.69) is 4.72 Å². The monoisotopic (exact) mass is 350 g/mol. The average molecular weight is 350 g/mol. The molecule has 0 fully saturated rings. The van der Waals surface area contributed by atoms with Gasteiger partial charge in [0.1, 0.15) is 5.75 Å². The highest BCUT2D eigenvalue weighted by Gasteiger charge is 2.12. The lowest BCUT2D eigenvalue weighted by molar-refractivity contribution is -0.139. The second-order valence-electron chi connectivity index (χ2n) is 5.02. The van der Waals surface area contributed by atoms with Crippen molar-refractivity contribution in [3.05, 3.63) is 54.1 Å². The van der Waals surface area contributed by atoms with E-state index in [0.717, 1.165) is 5.56 Å². The molecule has 0 spiro atoms. The number of carboxylic acids is 1. The number of ether oxygens (including phenoxy) is 1. The SMILES string of the molecule is Nc1cc(CCNS(=O)(=O)c2ccccc2)ccc1OCC(=O)O. The van der Waals surface area contributed by atoms with Gasteiger partial charge in [0.25, 0.3) is 0 Å². The van der Waals surface area contributed by atoms with Gasteiger partial charge in [-0.3, -0.25) is 0 Å². The van der Waals surface area contributed by atoms with E-state index in [1.165, 1.54) is 12.1 Å². The number of hydrogen-bond donors (Lipinski definition) is 3. The summed E-state index contributed by atoms with van der Waals surface area (Å²) >= 11 is 0. The molecule has 0 aliphatic carbocycles. The summed E-state index contributed by atoms with van der Waals surface area (Å²) in [6, 6.07) is 13.0. The molecule has 2 aromatic carbocycles. The van der Waals surface area contributed by atoms with Gasteiger partial charge in [-0.25, -0.2) is 17.9 Å². The third kappa shape index (κ3) is 4.97. The van der Waals surface area contributed by atoms with Crippen molar-refractivity contribution in [2.24, 2.45) is 0 Å². The number of nitrogen functional groups attached to an aromatic ring is 1. The molecule has 7 nitrogen and oxygen atoms in total. The fraction of sp³-hybridized carbons (Fsp3) is 0.188. The zero-order chi connectivity index (χ0) is 17.6. The molecule has 0 aliphatic heterocycles. The maximum Gasteiger partial charge on any atom is 0.341 e. The number of rotatable bonds is 8. The largest absolute Gasteiger partial charge is 0.480 e. The van der Waals surface area contributed by atoms with Crippen molar-refractivity contribution in [1.29, 1.82) is 0 Å². The van der Waals surface area contributed by atoms with E-state index < -0.39 is 22.6 Å². The van der Waals surface area contributed by atoms with Gasteiger partial charge in [-0.05, 0) is 36.2 Å². The van der Waals surface area contributed by atoms with Gasteiger partial charge in [-0.15, -0.1) is 0 Å². The van der Waals surface area contributed by atoms with Crippen LogP contribution in [0.2, 0.25) is 0 Å². The minimum Gasteiger partial charge on any atom is -0.480 e. The fourth-order valence-corrected chi connectivity index (χ4v) is 3.09. The molecular formula is C16H18N2O5S. The van der Waals surface area contributed by atoms with Crippen LogP contribution >= 0.6 is 0 Å². The van der Waals surface area contributed by atoms with Gasteiger partial charge < -0.3 is 15.6 Å². The molecule has 0 saturated carbocycles. The molecular weight excluding hydrogens is 332 g/mol. The summed E-state index contributed by atoms with van der Waals surface area (Å²) in [6.07, 6.45) is 0.440. The molecule has 0 aromatic heterocycles. The first-order valence-electron chi connectivity index (χ1n) is 7.16. The lowest BCUT2D eigenvalue weighted by Gasteiger charge is -2.10. The van der Waals surface area contributed by atoms with Crippen LogP contribution in [-0.4, -0.2) is 32.6 Å². The molecule has 0 saturated heterocycles. The number of nitrogens with one attached hydrogen (secondary N) is 1. The molecule has 0 heterocycles. The van der Waals surface area contributed by atoms with Crippen molar-refractivity contribution in [2.45, 2.75) is 11.3 Å². The Morgan fingerprint density at radius 1 is 1.17 bits per heavy atom. The van der Waals surface area contributed by atoms with Gasteiger partial charge in [-0.1, -0.05) is 24.3 Å². The molecule has 0 amide bonds. The lowest BCUT2D eigenvalue weighted by atomic mass is 10.1. The third-order valence-electron chi connectivity index (χ3n) is 3.18. The Labute approximate surface area is 140 Å². The Hall–Kier alpha value is -2.58. The van der Waals surface area contributed by atoms with Crippen molar-refractivity contribution < 1.29 is 23.1 Å². The van der Waals surface area contributed by atoms with Gasteiger partial charge in [-0.2, -0.15) is 0 Å². The molecule has 4 N–H and O–H groups in total. The molecule has 2 rings (SSSR count). The van der Waals surface area contributed by atoms with Gasteiger partial charge in [0.2, 0.25) is 10.0 Å². The number of hydrogen-bond acceptors (Lipinski definition) is 5. The van der Waals surface area contributed by atoms with E-state index in [-0.39, 0.29) is 17.2 Å². The molecule has 0 aliphatic rings. The lowest BCUT2D eigenvalue weighted by Crippen LogP contribution is -2.25. The molecule has 24 heavy (non-hydrogen) atoms. The minimum atomic E-state index is -3.54. The van der Waals surface area contributed by atoms with Crippen LogP contribution in [-0.2, 0) is 21.2 Å². The Bertz CT molecular complexity index is 806. The predicted molar refractivity (Wildman–Crippen MR) is 89.3 cm³/mol. The maximum atomic E-state index is 12.1. The standard InChI is InChI=1S/C16H18N2O5S/c17-14-10-12(6-7-15(14)23-11-16(19)20)8-9-18-24(21,22)13-4-2-1-3-5-13/h1-7,10,18H,8-9,11,17H2,(H,19,20). The molecule has 2 aromatic rings. The van der Waals surface area contributed by atoms with Crippen molar-refractivity contribution in [3.63, 3.8) is 0 Å². The van der Waals surface area contributed by atoms with Crippen LogP contribution in [0.3, 0.4) is 0 Å². The Morgan fingerprint density at radius 3 is 2.50 bits per heavy atom. The molecule has 0 atom stereocenters. The number of benzene rings is 2. The zero-order valence-electron chi connectivity index (χ0n) is 12.8. The normalized spacial score (nSPS) is 11.2. The Kier molecular flexibility index (Phi) is 5.78. The van der Waals surface area contributed by atoms with E-state index in [0.29, 0.717) is 12.1 Å². The van der Waals surface area contributed by atoms with Crippen LogP contribution in [0.5, 0.6) is 5.75 Å². The van der Waals surface area contributed by atoms with E-state index in [1.807, 2.05) is 0 Å². The summed E-state index contributed by atoms with van der Waals surface area (Å²) in [6.45, 7) is -0.258. The fourth-order valence-electron chi connectivity index (χ4n) is 2.04. The van der Waals surface area contributed by atoms with Crippen molar-refractivity contribution >= 4 is 21.7 Å². The molecule has 0 radical (unpaired) electrons. The van der Waals surface area contributed by atoms with E-state index >= 15 is 0 Å². The number of anilines is 1. The first-order valence-corrected chi connectivity index (χ1v) is 8.64. The zero-order valence-corrected chi connectivity index (χ0v) is 13.6. The number of carbonyl (C=O) groups is 1. The maximum absolute atomic E-state index is 12.1. The first kappa shape index (κ1) is 17.8. The first-order chi connectivity index (χ1) is 11.4. The minimum absolute atomic E-state index is 0.210. The second kappa shape index (κ2) is 7.80. The summed E-state index contributed by atoms with van der Waals surface area (Å²) < 4.78 is 31.7. The van der Waals surface area contributed by atoms with E-state index in [9.17, 15) is 13.2 Å². The molecule has 8 heteroatoms. The Morgan fingerprint density at radius 2 is 1.88 bits per heavy atom. The number of nitrogens with two attached hydrogens (primary N) is 1. The molecule has 0 unspecified atom stereocenters. The van der Waals surface area contributed by atoms with Crippen LogP contribution < -0.4 is 15.2 Å². The van der Waals surface area contributed by atoms with Gasteiger partial charge in [0.15, 0.2) is 6.61 Å². The number of sulfonamides is 1. The van der Waals surface area contributed by atoms with Crippen molar-refractivity contribution in [2.75, 3.05) is 18.9 Å². The van der Waals surface area contributed by atoms with Crippen LogP contribution in [0.1, 0.15) is 5.56 Å². The number of aliphatic carboxylic acids is 1. The highest BCUT2D eigenvalue weighted by Crippen LogP contribution is 2.22. The van der Waals surface area contributed by atoms with Gasteiger partial charge >= 0.3 is 5.97 Å². The van der Waals surface area contributed by atoms with Crippen LogP contribution in [0.4, 0.5) is 5.69 Å². The predicted octanol–water partition coefficient (Wildman–Crippen LogP) is 1.25. The smallest absolute Gasteiger partial charge is 0.341 e. The average Bonchev–Trinajstić information content (AvgIpc) is 2.54. The quantitative estimate of drug-likeness (QED) is 0.617. The Balaban J connectivity index is 1.93. The summed E-state index contributed by atoms with van der Waals surface area (Å²) in [5, 5.41) is 8.58. The molecule has 0 bridgehead atoms. The van der Waals surface area contributed by atoms with Gasteiger partial charge in [0.05, 0.1) is 10.6 Å². The molecule has 128 valence electrons. The van der Waals surface area contributed by atoms with E-state index in [4.69, 9.17) is 15.6 Å².